The Morgan fingerprint density at radius 3 is 2.34 bits per heavy atom. The number of benzene rings is 2. The number of halogens is 2. The summed E-state index contributed by atoms with van der Waals surface area (Å²) in [5, 5.41) is 2.49. The first-order valence-electron chi connectivity index (χ1n) is 8.43. The average Bonchev–Trinajstić information content (AvgIpc) is 2.62. The SMILES string of the molecule is Cc1ccc(S(=O)(=O)N(C)C)cc1NC(=O)C(C)OC(=O)c1ccc(F)cc1F. The summed E-state index contributed by atoms with van der Waals surface area (Å²) in [5.41, 5.74) is 0.286. The van der Waals surface area contributed by atoms with Gasteiger partial charge in [-0.25, -0.2) is 26.3 Å². The number of anilines is 1. The van der Waals surface area contributed by atoms with Crippen molar-refractivity contribution in [1.29, 1.82) is 0 Å². The summed E-state index contributed by atoms with van der Waals surface area (Å²) in [6.45, 7) is 2.93. The van der Waals surface area contributed by atoms with Crippen molar-refractivity contribution in [2.75, 3.05) is 19.4 Å². The maximum atomic E-state index is 13.7. The number of carbonyl (C=O) groups is 2. The van der Waals surface area contributed by atoms with Crippen LogP contribution >= 0.6 is 0 Å². The molecule has 0 saturated heterocycles. The number of sulfonamides is 1. The van der Waals surface area contributed by atoms with Crippen molar-refractivity contribution >= 4 is 27.6 Å². The van der Waals surface area contributed by atoms with Gasteiger partial charge in [0, 0.05) is 25.8 Å². The van der Waals surface area contributed by atoms with Gasteiger partial charge in [-0.15, -0.1) is 0 Å². The van der Waals surface area contributed by atoms with Crippen LogP contribution in [0, 0.1) is 18.6 Å². The lowest BCUT2D eigenvalue weighted by molar-refractivity contribution is -0.123. The molecule has 7 nitrogen and oxygen atoms in total. The Hall–Kier alpha value is -2.85. The molecule has 1 atom stereocenters. The molecule has 0 aliphatic carbocycles. The highest BCUT2D eigenvalue weighted by molar-refractivity contribution is 7.89. The number of esters is 1. The standard InChI is InChI=1S/C19H20F2N2O5S/c1-11-5-7-14(29(26,27)23(3)4)10-17(11)22-18(24)12(2)28-19(25)15-8-6-13(20)9-16(15)21/h5-10,12H,1-4H3,(H,22,24). The van der Waals surface area contributed by atoms with Gasteiger partial charge in [0.2, 0.25) is 10.0 Å². The Balaban J connectivity index is 2.16. The van der Waals surface area contributed by atoms with Crippen LogP contribution in [0.3, 0.4) is 0 Å². The van der Waals surface area contributed by atoms with Crippen molar-refractivity contribution in [3.8, 4) is 0 Å². The van der Waals surface area contributed by atoms with Crippen LogP contribution in [0.1, 0.15) is 22.8 Å². The molecule has 0 aliphatic rings. The molecule has 0 fully saturated rings. The van der Waals surface area contributed by atoms with Gasteiger partial charge in [0.25, 0.3) is 5.91 Å². The van der Waals surface area contributed by atoms with Gasteiger partial charge in [-0.2, -0.15) is 0 Å². The number of hydrogen-bond donors (Lipinski definition) is 1. The number of nitrogens with one attached hydrogen (secondary N) is 1. The lowest BCUT2D eigenvalue weighted by atomic mass is 10.2. The summed E-state index contributed by atoms with van der Waals surface area (Å²) in [4.78, 5) is 24.4. The Morgan fingerprint density at radius 1 is 1.10 bits per heavy atom. The second-order valence-electron chi connectivity index (χ2n) is 6.43. The molecule has 156 valence electrons. The van der Waals surface area contributed by atoms with Gasteiger partial charge >= 0.3 is 5.97 Å². The number of ether oxygens (including phenoxy) is 1. The summed E-state index contributed by atoms with van der Waals surface area (Å²) in [6, 6.07) is 6.55. The highest BCUT2D eigenvalue weighted by Gasteiger charge is 2.23. The van der Waals surface area contributed by atoms with Crippen molar-refractivity contribution < 1.29 is 31.5 Å². The fourth-order valence-electron chi connectivity index (χ4n) is 2.27. The number of nitrogens with zero attached hydrogens (tertiary/aromatic N) is 1. The lowest BCUT2D eigenvalue weighted by Crippen LogP contribution is -2.30. The summed E-state index contributed by atoms with van der Waals surface area (Å²) in [6.07, 6.45) is -1.32. The first-order valence-corrected chi connectivity index (χ1v) is 9.87. The number of rotatable bonds is 6. The minimum absolute atomic E-state index is 0.0265. The molecule has 1 N–H and O–H groups in total. The Labute approximate surface area is 167 Å². The molecule has 0 aliphatic heterocycles. The van der Waals surface area contributed by atoms with Crippen LogP contribution in [-0.4, -0.2) is 44.8 Å². The summed E-state index contributed by atoms with van der Waals surface area (Å²) >= 11 is 0. The molecule has 2 aromatic rings. The van der Waals surface area contributed by atoms with Gasteiger partial charge in [-0.3, -0.25) is 4.79 Å². The smallest absolute Gasteiger partial charge is 0.341 e. The molecule has 0 bridgehead atoms. The number of carbonyl (C=O) groups excluding carboxylic acids is 2. The average molecular weight is 426 g/mol. The third kappa shape index (κ3) is 5.15. The van der Waals surface area contributed by atoms with Gasteiger partial charge in [0.05, 0.1) is 10.5 Å². The monoisotopic (exact) mass is 426 g/mol. The van der Waals surface area contributed by atoms with Crippen molar-refractivity contribution in [3.05, 3.63) is 59.2 Å². The number of hydrogen-bond acceptors (Lipinski definition) is 5. The van der Waals surface area contributed by atoms with Gasteiger partial charge in [-0.1, -0.05) is 6.07 Å². The maximum Gasteiger partial charge on any atom is 0.341 e. The van der Waals surface area contributed by atoms with E-state index in [-0.39, 0.29) is 10.6 Å². The Kier molecular flexibility index (Phi) is 6.70. The molecule has 0 saturated carbocycles. The molecule has 1 amide bonds. The third-order valence-corrected chi connectivity index (χ3v) is 5.86. The minimum atomic E-state index is -3.71. The van der Waals surface area contributed by atoms with Crippen LogP contribution in [0.5, 0.6) is 0 Å². The van der Waals surface area contributed by atoms with Crippen molar-refractivity contribution in [1.82, 2.24) is 4.31 Å². The number of aryl methyl sites for hydroxylation is 1. The van der Waals surface area contributed by atoms with Crippen LogP contribution < -0.4 is 5.32 Å². The highest BCUT2D eigenvalue weighted by Crippen LogP contribution is 2.22. The predicted molar refractivity (Wildman–Crippen MR) is 102 cm³/mol. The van der Waals surface area contributed by atoms with E-state index in [9.17, 15) is 26.8 Å². The van der Waals surface area contributed by atoms with Crippen LogP contribution in [-0.2, 0) is 19.6 Å². The van der Waals surface area contributed by atoms with Crippen LogP contribution in [0.2, 0.25) is 0 Å². The molecule has 0 spiro atoms. The first-order chi connectivity index (χ1) is 13.4. The van der Waals surface area contributed by atoms with Crippen molar-refractivity contribution in [3.63, 3.8) is 0 Å². The summed E-state index contributed by atoms with van der Waals surface area (Å²) < 4.78 is 57.1. The van der Waals surface area contributed by atoms with Crippen LogP contribution in [0.4, 0.5) is 14.5 Å². The second-order valence-corrected chi connectivity index (χ2v) is 8.58. The quantitative estimate of drug-likeness (QED) is 0.717. The zero-order valence-corrected chi connectivity index (χ0v) is 17.0. The molecule has 1 unspecified atom stereocenters. The highest BCUT2D eigenvalue weighted by atomic mass is 32.2. The zero-order chi connectivity index (χ0) is 21.9. The van der Waals surface area contributed by atoms with E-state index in [1.54, 1.807) is 6.92 Å². The molecule has 10 heteroatoms. The van der Waals surface area contributed by atoms with Crippen molar-refractivity contribution in [2.45, 2.75) is 24.8 Å². The summed E-state index contributed by atoms with van der Waals surface area (Å²) in [5.74, 6) is -3.85. The minimum Gasteiger partial charge on any atom is -0.449 e. The van der Waals surface area contributed by atoms with E-state index in [4.69, 9.17) is 4.74 Å². The van der Waals surface area contributed by atoms with Gasteiger partial charge in [0.1, 0.15) is 11.6 Å². The molecule has 2 aromatic carbocycles. The second kappa shape index (κ2) is 8.66. The van der Waals surface area contributed by atoms with Crippen molar-refractivity contribution in [2.24, 2.45) is 0 Å². The Morgan fingerprint density at radius 2 is 1.76 bits per heavy atom. The van der Waals surface area contributed by atoms with Crippen LogP contribution in [0.15, 0.2) is 41.3 Å². The van der Waals surface area contributed by atoms with Crippen LogP contribution in [0.25, 0.3) is 0 Å². The molecule has 0 heterocycles. The van der Waals surface area contributed by atoms with E-state index in [0.717, 1.165) is 16.4 Å². The fourth-order valence-corrected chi connectivity index (χ4v) is 3.20. The van der Waals surface area contributed by atoms with E-state index in [2.05, 4.69) is 5.32 Å². The van der Waals surface area contributed by atoms with E-state index >= 15 is 0 Å². The Bertz CT molecular complexity index is 1050. The fraction of sp³-hybridized carbons (Fsp3) is 0.263. The van der Waals surface area contributed by atoms with E-state index in [1.807, 2.05) is 0 Å². The van der Waals surface area contributed by atoms with E-state index < -0.39 is 45.2 Å². The van der Waals surface area contributed by atoms with Gasteiger partial charge in [-0.05, 0) is 43.7 Å². The topological polar surface area (TPSA) is 92.8 Å². The third-order valence-electron chi connectivity index (χ3n) is 4.05. The first kappa shape index (κ1) is 22.4. The zero-order valence-electron chi connectivity index (χ0n) is 16.2. The number of amides is 1. The normalized spacial score (nSPS) is 12.5. The van der Waals surface area contributed by atoms with E-state index in [0.29, 0.717) is 11.6 Å². The molecule has 29 heavy (non-hydrogen) atoms. The molecule has 0 radical (unpaired) electrons. The molecule has 0 aromatic heterocycles. The largest absolute Gasteiger partial charge is 0.449 e. The van der Waals surface area contributed by atoms with E-state index in [1.165, 1.54) is 39.2 Å². The van der Waals surface area contributed by atoms with Gasteiger partial charge in [0.15, 0.2) is 6.10 Å². The molecule has 2 rings (SSSR count). The lowest BCUT2D eigenvalue weighted by Gasteiger charge is -2.17. The maximum absolute atomic E-state index is 13.7. The molecular formula is C19H20F2N2O5S. The predicted octanol–water partition coefficient (Wildman–Crippen LogP) is 2.71. The summed E-state index contributed by atoms with van der Waals surface area (Å²) in [7, 11) is -0.954. The molecular weight excluding hydrogens is 406 g/mol. The van der Waals surface area contributed by atoms with Gasteiger partial charge < -0.3 is 10.1 Å².